The fraction of sp³-hybridized carbons (Fsp3) is 0.333. The first-order valence-corrected chi connectivity index (χ1v) is 7.25. The highest BCUT2D eigenvalue weighted by atomic mass is 16.5. The molecule has 1 aromatic carbocycles. The molecule has 1 aliphatic heterocycles. The smallest absolute Gasteiger partial charge is 0.122 e. The molecule has 0 saturated heterocycles. The number of nitriles is 1. The summed E-state index contributed by atoms with van der Waals surface area (Å²) in [6.45, 7) is 4.68. The van der Waals surface area contributed by atoms with Gasteiger partial charge in [0.25, 0.3) is 0 Å². The van der Waals surface area contributed by atoms with Crippen molar-refractivity contribution in [1.82, 2.24) is 4.98 Å². The van der Waals surface area contributed by atoms with Crippen LogP contribution in [0.1, 0.15) is 28.1 Å². The van der Waals surface area contributed by atoms with Gasteiger partial charge in [-0.1, -0.05) is 18.2 Å². The number of rotatable bonds is 2. The van der Waals surface area contributed by atoms with Crippen LogP contribution in [-0.4, -0.2) is 11.6 Å². The first-order chi connectivity index (χ1) is 10.2. The zero-order valence-electron chi connectivity index (χ0n) is 12.4. The lowest BCUT2D eigenvalue weighted by Crippen LogP contribution is -2.23. The minimum absolute atomic E-state index is 0.376. The summed E-state index contributed by atoms with van der Waals surface area (Å²) in [5.41, 5.74) is 4.91. The van der Waals surface area contributed by atoms with Crippen LogP contribution in [-0.2, 0) is 12.8 Å². The molecule has 3 heteroatoms. The van der Waals surface area contributed by atoms with Crippen molar-refractivity contribution in [3.05, 3.63) is 58.4 Å². The van der Waals surface area contributed by atoms with Crippen molar-refractivity contribution in [1.29, 1.82) is 5.26 Å². The number of benzene rings is 1. The van der Waals surface area contributed by atoms with Crippen molar-refractivity contribution in [2.24, 2.45) is 5.92 Å². The molecule has 21 heavy (non-hydrogen) atoms. The largest absolute Gasteiger partial charge is 0.493 e. The first-order valence-electron chi connectivity index (χ1n) is 7.25. The highest BCUT2D eigenvalue weighted by Gasteiger charge is 2.21. The molecule has 2 aromatic rings. The Bertz CT molecular complexity index is 716. The monoisotopic (exact) mass is 278 g/mol. The quantitative estimate of drug-likeness (QED) is 0.846. The number of ether oxygens (including phenoxy) is 1. The van der Waals surface area contributed by atoms with Crippen molar-refractivity contribution in [2.75, 3.05) is 6.61 Å². The predicted octanol–water partition coefficient (Wildman–Crippen LogP) is 3.36. The SMILES string of the molecule is Cc1cc(C#N)c(CC2COc3ccccc3C2)nc1C. The Balaban J connectivity index is 1.83. The Morgan fingerprint density at radius 3 is 2.95 bits per heavy atom. The molecule has 1 aliphatic rings. The molecule has 3 rings (SSSR count). The predicted molar refractivity (Wildman–Crippen MR) is 81.3 cm³/mol. The van der Waals surface area contributed by atoms with E-state index in [1.54, 1.807) is 0 Å². The van der Waals surface area contributed by atoms with E-state index in [4.69, 9.17) is 4.74 Å². The lowest BCUT2D eigenvalue weighted by molar-refractivity contribution is 0.220. The number of hydrogen-bond donors (Lipinski definition) is 0. The summed E-state index contributed by atoms with van der Waals surface area (Å²) in [5, 5.41) is 9.30. The Morgan fingerprint density at radius 1 is 1.33 bits per heavy atom. The number of fused-ring (bicyclic) bond motifs is 1. The number of pyridine rings is 1. The van der Waals surface area contributed by atoms with Crippen LogP contribution < -0.4 is 4.74 Å². The van der Waals surface area contributed by atoms with E-state index >= 15 is 0 Å². The molecule has 0 radical (unpaired) electrons. The van der Waals surface area contributed by atoms with Crippen LogP contribution in [0.3, 0.4) is 0 Å². The first kappa shape index (κ1) is 13.6. The van der Waals surface area contributed by atoms with Crippen LogP contribution in [0.25, 0.3) is 0 Å². The van der Waals surface area contributed by atoms with Gasteiger partial charge >= 0.3 is 0 Å². The third kappa shape index (κ3) is 2.75. The van der Waals surface area contributed by atoms with Gasteiger partial charge in [-0.3, -0.25) is 4.98 Å². The van der Waals surface area contributed by atoms with Crippen LogP contribution in [0.5, 0.6) is 5.75 Å². The Hall–Kier alpha value is -2.34. The van der Waals surface area contributed by atoms with E-state index in [0.29, 0.717) is 18.1 Å². The molecule has 1 aromatic heterocycles. The van der Waals surface area contributed by atoms with Crippen LogP contribution in [0.2, 0.25) is 0 Å². The van der Waals surface area contributed by atoms with Gasteiger partial charge in [0.05, 0.1) is 17.9 Å². The van der Waals surface area contributed by atoms with Gasteiger partial charge in [-0.05, 0) is 49.9 Å². The van der Waals surface area contributed by atoms with Crippen molar-refractivity contribution in [2.45, 2.75) is 26.7 Å². The topological polar surface area (TPSA) is 45.9 Å². The summed E-state index contributed by atoms with van der Waals surface area (Å²) >= 11 is 0. The molecule has 3 nitrogen and oxygen atoms in total. The summed E-state index contributed by atoms with van der Waals surface area (Å²) in [7, 11) is 0. The second-order valence-electron chi connectivity index (χ2n) is 5.69. The third-order valence-corrected chi connectivity index (χ3v) is 4.10. The summed E-state index contributed by atoms with van der Waals surface area (Å²) in [4.78, 5) is 4.62. The average molecular weight is 278 g/mol. The summed E-state index contributed by atoms with van der Waals surface area (Å²) in [5.74, 6) is 1.36. The number of nitrogens with zero attached hydrogens (tertiary/aromatic N) is 2. The maximum atomic E-state index is 9.30. The van der Waals surface area contributed by atoms with Gasteiger partial charge in [-0.15, -0.1) is 0 Å². The average Bonchev–Trinajstić information content (AvgIpc) is 2.50. The minimum atomic E-state index is 0.376. The van der Waals surface area contributed by atoms with Crippen molar-refractivity contribution < 1.29 is 4.74 Å². The number of hydrogen-bond acceptors (Lipinski definition) is 3. The van der Waals surface area contributed by atoms with E-state index in [-0.39, 0.29) is 0 Å². The van der Waals surface area contributed by atoms with E-state index in [1.807, 2.05) is 38.1 Å². The molecule has 2 heterocycles. The second kappa shape index (κ2) is 5.57. The number of para-hydroxylation sites is 1. The molecule has 0 saturated carbocycles. The van der Waals surface area contributed by atoms with Crippen molar-refractivity contribution >= 4 is 0 Å². The fourth-order valence-corrected chi connectivity index (χ4v) is 2.80. The molecular formula is C18H18N2O. The molecule has 1 unspecified atom stereocenters. The van der Waals surface area contributed by atoms with Gasteiger partial charge in [0, 0.05) is 11.6 Å². The zero-order chi connectivity index (χ0) is 14.8. The highest BCUT2D eigenvalue weighted by Crippen LogP contribution is 2.29. The molecule has 0 fully saturated rings. The maximum Gasteiger partial charge on any atom is 0.122 e. The highest BCUT2D eigenvalue weighted by molar-refractivity contribution is 5.39. The lowest BCUT2D eigenvalue weighted by Gasteiger charge is -2.25. The summed E-state index contributed by atoms with van der Waals surface area (Å²) in [6.07, 6.45) is 1.77. The summed E-state index contributed by atoms with van der Waals surface area (Å²) in [6, 6.07) is 12.4. The van der Waals surface area contributed by atoms with E-state index in [9.17, 15) is 5.26 Å². The molecule has 0 N–H and O–H groups in total. The third-order valence-electron chi connectivity index (χ3n) is 4.10. The van der Waals surface area contributed by atoms with Gasteiger partial charge in [0.15, 0.2) is 0 Å². The van der Waals surface area contributed by atoms with E-state index in [2.05, 4.69) is 17.1 Å². The Kier molecular flexibility index (Phi) is 3.62. The number of aromatic nitrogens is 1. The van der Waals surface area contributed by atoms with Crippen LogP contribution in [0.15, 0.2) is 30.3 Å². The second-order valence-corrected chi connectivity index (χ2v) is 5.69. The molecular weight excluding hydrogens is 260 g/mol. The van der Waals surface area contributed by atoms with Gasteiger partial charge in [-0.25, -0.2) is 0 Å². The van der Waals surface area contributed by atoms with E-state index in [1.165, 1.54) is 5.56 Å². The molecule has 0 amide bonds. The molecule has 1 atom stereocenters. The molecule has 0 bridgehead atoms. The van der Waals surface area contributed by atoms with Crippen LogP contribution in [0.4, 0.5) is 0 Å². The van der Waals surface area contributed by atoms with Crippen molar-refractivity contribution in [3.8, 4) is 11.8 Å². The van der Waals surface area contributed by atoms with Crippen LogP contribution >= 0.6 is 0 Å². The Labute approximate surface area is 125 Å². The molecule has 0 aliphatic carbocycles. The minimum Gasteiger partial charge on any atom is -0.493 e. The Morgan fingerprint density at radius 2 is 2.14 bits per heavy atom. The van der Waals surface area contributed by atoms with Gasteiger partial charge in [0.1, 0.15) is 11.8 Å². The lowest BCUT2D eigenvalue weighted by atomic mass is 9.91. The zero-order valence-corrected chi connectivity index (χ0v) is 12.4. The van der Waals surface area contributed by atoms with Gasteiger partial charge < -0.3 is 4.74 Å². The summed E-state index contributed by atoms with van der Waals surface area (Å²) < 4.78 is 5.83. The molecule has 106 valence electrons. The van der Waals surface area contributed by atoms with Crippen LogP contribution in [0, 0.1) is 31.1 Å². The van der Waals surface area contributed by atoms with Gasteiger partial charge in [-0.2, -0.15) is 5.26 Å². The van der Waals surface area contributed by atoms with Gasteiger partial charge in [0.2, 0.25) is 0 Å². The standard InChI is InChI=1S/C18H18N2O/c1-12-7-16(10-19)17(20-13(12)2)9-14-8-15-5-3-4-6-18(15)21-11-14/h3-7,14H,8-9,11H2,1-2H3. The van der Waals surface area contributed by atoms with E-state index < -0.39 is 0 Å². The number of aryl methyl sites for hydroxylation is 2. The normalized spacial score (nSPS) is 16.7. The van der Waals surface area contributed by atoms with E-state index in [0.717, 1.165) is 35.5 Å². The molecule has 0 spiro atoms. The van der Waals surface area contributed by atoms with Crippen molar-refractivity contribution in [3.63, 3.8) is 0 Å². The maximum absolute atomic E-state index is 9.30. The fourth-order valence-electron chi connectivity index (χ4n) is 2.80.